The summed E-state index contributed by atoms with van der Waals surface area (Å²) >= 11 is 0. The van der Waals surface area contributed by atoms with E-state index in [4.69, 9.17) is 9.47 Å². The van der Waals surface area contributed by atoms with Crippen molar-refractivity contribution in [3.05, 3.63) is 96.3 Å². The summed E-state index contributed by atoms with van der Waals surface area (Å²) in [7, 11) is 2.07. The second-order valence-corrected chi connectivity index (χ2v) is 13.2. The van der Waals surface area contributed by atoms with Gasteiger partial charge in [0, 0.05) is 55.6 Å². The summed E-state index contributed by atoms with van der Waals surface area (Å²) in [5.41, 5.74) is 2.62. The van der Waals surface area contributed by atoms with Crippen LogP contribution in [-0.2, 0) is 11.3 Å². The number of fused-ring (bicyclic) bond motifs is 2. The second-order valence-electron chi connectivity index (χ2n) is 13.2. The van der Waals surface area contributed by atoms with Gasteiger partial charge in [-0.05, 0) is 87.5 Å². The van der Waals surface area contributed by atoms with Crippen LogP contribution in [0.4, 0.5) is 16.2 Å². The number of carbonyl (C=O) groups excluding carboxylic acids is 2. The Morgan fingerprint density at radius 3 is 2.61 bits per heavy atom. The van der Waals surface area contributed by atoms with Crippen LogP contribution in [0.5, 0.6) is 5.75 Å². The van der Waals surface area contributed by atoms with Crippen LogP contribution in [0, 0.1) is 5.92 Å². The lowest BCUT2D eigenvalue weighted by Crippen LogP contribution is -2.47. The lowest BCUT2D eigenvalue weighted by atomic mass is 10.0. The lowest BCUT2D eigenvalue weighted by Gasteiger charge is -2.36. The lowest BCUT2D eigenvalue weighted by molar-refractivity contribution is -0.0177. The molecule has 1 aromatic heterocycles. The third-order valence-electron chi connectivity index (χ3n) is 9.04. The molecule has 5 rings (SSSR count). The number of nitrogens with zero attached hydrogens (tertiary/aromatic N) is 3. The second kappa shape index (κ2) is 17.2. The minimum absolute atomic E-state index is 0.0446. The number of aliphatic hydroxyl groups is 1. The Hall–Kier alpha value is -4.51. The van der Waals surface area contributed by atoms with Gasteiger partial charge in [0.15, 0.2) is 0 Å². The summed E-state index contributed by atoms with van der Waals surface area (Å²) in [5.74, 6) is 0.119. The first-order valence-electron chi connectivity index (χ1n) is 17.2. The normalized spacial score (nSPS) is 19.8. The zero-order valence-corrected chi connectivity index (χ0v) is 29.0. The maximum Gasteiger partial charge on any atom is 0.323 e. The Bertz CT molecular complexity index is 1680. The van der Waals surface area contributed by atoms with Crippen LogP contribution in [0.15, 0.2) is 85.2 Å². The number of anilines is 2. The number of nitrogens with one attached hydrogen (secondary N) is 2. The van der Waals surface area contributed by atoms with Crippen molar-refractivity contribution in [2.45, 2.75) is 64.8 Å². The van der Waals surface area contributed by atoms with E-state index in [0.717, 1.165) is 42.1 Å². The van der Waals surface area contributed by atoms with Crippen molar-refractivity contribution in [2.75, 3.05) is 44.0 Å². The van der Waals surface area contributed by atoms with Gasteiger partial charge in [0.05, 0.1) is 36.1 Å². The summed E-state index contributed by atoms with van der Waals surface area (Å²) in [4.78, 5) is 35.7. The average Bonchev–Trinajstić information content (AvgIpc) is 3.10. The molecule has 3 N–H and O–H groups in total. The number of hydrogen-bond acceptors (Lipinski definition) is 7. The Labute approximate surface area is 289 Å². The van der Waals surface area contributed by atoms with Crippen LogP contribution in [0.1, 0.15) is 56.0 Å². The number of aromatic nitrogens is 1. The molecule has 1 aliphatic rings. The highest BCUT2D eigenvalue weighted by molar-refractivity contribution is 6.07. The molecule has 10 nitrogen and oxygen atoms in total. The molecule has 49 heavy (non-hydrogen) atoms. The highest BCUT2D eigenvalue weighted by Crippen LogP contribution is 2.29. The monoisotopic (exact) mass is 667 g/mol. The first-order chi connectivity index (χ1) is 23.7. The molecule has 2 heterocycles. The third-order valence-corrected chi connectivity index (χ3v) is 9.04. The highest BCUT2D eigenvalue weighted by atomic mass is 16.5. The molecule has 4 atom stereocenters. The standard InChI is InChI=1S/C39H49N5O5/c1-27-23-44(28(2)26-45)38(46)34-22-32(41-39(47)42-35-14-9-12-31-11-5-6-13-33(31)35)15-16-36(34)49-29(3)10-7-8-21-48-37(27)25-43(4)24-30-17-19-40-20-18-30/h5-6,9,11-20,22,27-29,37,45H,7-8,10,21,23-26H2,1-4H3,(H2,41,42,47)/t27-,28-,29-,37-/m0/s1. The van der Waals surface area contributed by atoms with Crippen LogP contribution in [0.25, 0.3) is 10.8 Å². The fourth-order valence-corrected chi connectivity index (χ4v) is 6.25. The molecule has 4 aromatic rings. The van der Waals surface area contributed by atoms with E-state index in [-0.39, 0.29) is 30.6 Å². The predicted molar refractivity (Wildman–Crippen MR) is 194 cm³/mol. The van der Waals surface area contributed by atoms with Gasteiger partial charge in [-0.1, -0.05) is 43.3 Å². The van der Waals surface area contributed by atoms with Gasteiger partial charge >= 0.3 is 6.03 Å². The maximum atomic E-state index is 14.5. The molecule has 0 saturated heterocycles. The number of hydrogen-bond donors (Lipinski definition) is 3. The molecule has 0 fully saturated rings. The Morgan fingerprint density at radius 1 is 1.04 bits per heavy atom. The number of pyridine rings is 1. The van der Waals surface area contributed by atoms with Crippen LogP contribution < -0.4 is 15.4 Å². The quantitative estimate of drug-likeness (QED) is 0.189. The molecule has 0 radical (unpaired) electrons. The van der Waals surface area contributed by atoms with Crippen molar-refractivity contribution in [2.24, 2.45) is 5.92 Å². The number of rotatable bonds is 8. The van der Waals surface area contributed by atoms with Gasteiger partial charge in [-0.25, -0.2) is 4.79 Å². The molecule has 0 saturated carbocycles. The van der Waals surface area contributed by atoms with E-state index in [0.29, 0.717) is 42.4 Å². The van der Waals surface area contributed by atoms with Crippen LogP contribution >= 0.6 is 0 Å². The third kappa shape index (κ3) is 9.78. The molecule has 260 valence electrons. The number of likely N-dealkylation sites (N-methyl/N-ethyl adjacent to an activating group) is 1. The van der Waals surface area contributed by atoms with Crippen molar-refractivity contribution >= 4 is 34.1 Å². The van der Waals surface area contributed by atoms with Crippen molar-refractivity contribution in [3.63, 3.8) is 0 Å². The number of ether oxygens (including phenoxy) is 2. The zero-order valence-electron chi connectivity index (χ0n) is 29.0. The molecular weight excluding hydrogens is 618 g/mol. The Morgan fingerprint density at radius 2 is 1.82 bits per heavy atom. The maximum absolute atomic E-state index is 14.5. The van der Waals surface area contributed by atoms with Crippen molar-refractivity contribution in [1.82, 2.24) is 14.8 Å². The summed E-state index contributed by atoms with van der Waals surface area (Å²) in [6.07, 6.45) is 5.91. The van der Waals surface area contributed by atoms with Crippen LogP contribution in [0.3, 0.4) is 0 Å². The number of urea groups is 1. The van der Waals surface area contributed by atoms with Crippen molar-refractivity contribution < 1.29 is 24.2 Å². The average molecular weight is 668 g/mol. The molecular formula is C39H49N5O5. The number of amides is 3. The molecule has 3 amide bonds. The summed E-state index contributed by atoms with van der Waals surface area (Å²) in [6.45, 7) is 8.12. The Kier molecular flexibility index (Phi) is 12.6. The number of benzene rings is 3. The van der Waals surface area contributed by atoms with Gasteiger partial charge in [0.2, 0.25) is 0 Å². The molecule has 0 bridgehead atoms. The molecule has 0 unspecified atom stereocenters. The highest BCUT2D eigenvalue weighted by Gasteiger charge is 2.30. The van der Waals surface area contributed by atoms with E-state index in [2.05, 4.69) is 34.5 Å². The SMILES string of the molecule is C[C@H]1CCCCO[C@@H](CN(C)Cc2ccncc2)[C@@H](C)CN([C@@H](C)CO)C(=O)c2cc(NC(=O)Nc3cccc4ccccc34)ccc2O1. The van der Waals surface area contributed by atoms with Gasteiger partial charge in [-0.3, -0.25) is 14.7 Å². The summed E-state index contributed by atoms with van der Waals surface area (Å²) < 4.78 is 12.8. The van der Waals surface area contributed by atoms with Crippen molar-refractivity contribution in [1.29, 1.82) is 0 Å². The molecule has 0 spiro atoms. The first kappa shape index (κ1) is 35.8. The van der Waals surface area contributed by atoms with Gasteiger partial charge in [0.1, 0.15) is 5.75 Å². The van der Waals surface area contributed by atoms with E-state index >= 15 is 0 Å². The molecule has 0 aliphatic carbocycles. The molecule has 3 aromatic carbocycles. The van der Waals surface area contributed by atoms with Gasteiger partial charge in [0.25, 0.3) is 5.91 Å². The molecule has 10 heteroatoms. The minimum atomic E-state index is -0.463. The van der Waals surface area contributed by atoms with E-state index in [1.807, 2.05) is 68.4 Å². The minimum Gasteiger partial charge on any atom is -0.490 e. The largest absolute Gasteiger partial charge is 0.490 e. The summed E-state index contributed by atoms with van der Waals surface area (Å²) in [6, 6.07) is 21.9. The van der Waals surface area contributed by atoms with Gasteiger partial charge in [-0.2, -0.15) is 0 Å². The first-order valence-corrected chi connectivity index (χ1v) is 17.2. The van der Waals surface area contributed by atoms with E-state index in [1.54, 1.807) is 35.5 Å². The van der Waals surface area contributed by atoms with E-state index in [9.17, 15) is 14.7 Å². The summed E-state index contributed by atoms with van der Waals surface area (Å²) in [5, 5.41) is 18.1. The fourth-order valence-electron chi connectivity index (χ4n) is 6.25. The topological polar surface area (TPSA) is 116 Å². The van der Waals surface area contributed by atoms with E-state index in [1.165, 1.54) is 0 Å². The van der Waals surface area contributed by atoms with Gasteiger partial charge in [-0.15, -0.1) is 0 Å². The predicted octanol–water partition coefficient (Wildman–Crippen LogP) is 6.81. The Balaban J connectivity index is 1.39. The smallest absolute Gasteiger partial charge is 0.323 e. The zero-order chi connectivity index (χ0) is 34.8. The van der Waals surface area contributed by atoms with Crippen LogP contribution in [-0.4, -0.2) is 83.4 Å². The van der Waals surface area contributed by atoms with Gasteiger partial charge < -0.3 is 30.1 Å². The molecule has 1 aliphatic heterocycles. The van der Waals surface area contributed by atoms with Crippen molar-refractivity contribution in [3.8, 4) is 5.75 Å². The fraction of sp³-hybridized carbons (Fsp3) is 0.410. The van der Waals surface area contributed by atoms with Crippen LogP contribution in [0.2, 0.25) is 0 Å². The number of carbonyl (C=O) groups is 2. The number of aliphatic hydroxyl groups excluding tert-OH is 1. The van der Waals surface area contributed by atoms with E-state index < -0.39 is 12.1 Å².